The molecule has 2 aromatic heterocycles. The van der Waals surface area contributed by atoms with Crippen LogP contribution >= 0.6 is 0 Å². The minimum Gasteiger partial charge on any atom is -0.346 e. The fourth-order valence-electron chi connectivity index (χ4n) is 3.27. The smallest absolute Gasteiger partial charge is 0.228 e. The van der Waals surface area contributed by atoms with Gasteiger partial charge in [0.1, 0.15) is 11.5 Å². The molecule has 0 unspecified atom stereocenters. The van der Waals surface area contributed by atoms with Crippen molar-refractivity contribution < 1.29 is 13.2 Å². The van der Waals surface area contributed by atoms with Gasteiger partial charge in [0.2, 0.25) is 15.9 Å². The molecule has 26 heavy (non-hydrogen) atoms. The number of aromatic amines is 1. The maximum Gasteiger partial charge on any atom is 0.228 e. The van der Waals surface area contributed by atoms with E-state index in [0.29, 0.717) is 31.0 Å². The number of rotatable bonds is 6. The fraction of sp³-hybridized carbons (Fsp3) is 0.444. The van der Waals surface area contributed by atoms with E-state index in [-0.39, 0.29) is 17.6 Å². The van der Waals surface area contributed by atoms with Crippen LogP contribution in [0.25, 0.3) is 16.6 Å². The van der Waals surface area contributed by atoms with Crippen LogP contribution in [0.15, 0.2) is 24.4 Å². The summed E-state index contributed by atoms with van der Waals surface area (Å²) in [6.45, 7) is 2.60. The van der Waals surface area contributed by atoms with Gasteiger partial charge in [0.25, 0.3) is 0 Å². The second-order valence-corrected chi connectivity index (χ2v) is 8.98. The molecule has 0 bridgehead atoms. The van der Waals surface area contributed by atoms with Gasteiger partial charge >= 0.3 is 0 Å². The van der Waals surface area contributed by atoms with Crippen molar-refractivity contribution in [2.45, 2.75) is 26.2 Å². The van der Waals surface area contributed by atoms with Crippen LogP contribution in [0.1, 0.15) is 31.7 Å². The van der Waals surface area contributed by atoms with Crippen molar-refractivity contribution >= 4 is 38.4 Å². The molecule has 0 atom stereocenters. The fourth-order valence-corrected chi connectivity index (χ4v) is 4.68. The van der Waals surface area contributed by atoms with E-state index < -0.39 is 10.0 Å². The summed E-state index contributed by atoms with van der Waals surface area (Å²) in [5, 5.41) is 3.81. The number of carbonyl (C=O) groups is 1. The normalized spacial score (nSPS) is 18.3. The lowest BCUT2D eigenvalue weighted by Crippen LogP contribution is -2.31. The average molecular weight is 374 g/mol. The molecule has 0 aromatic carbocycles. The molecule has 1 fully saturated rings. The number of hydrogen-bond acceptors (Lipinski definition) is 4. The van der Waals surface area contributed by atoms with Crippen molar-refractivity contribution in [3.05, 3.63) is 30.0 Å². The lowest BCUT2D eigenvalue weighted by atomic mass is 10.0. The first kappa shape index (κ1) is 17.2. The number of sulfonamides is 1. The molecule has 1 aliphatic heterocycles. The van der Waals surface area contributed by atoms with Crippen LogP contribution in [0, 0.1) is 5.92 Å². The van der Waals surface area contributed by atoms with E-state index in [1.165, 1.54) is 4.31 Å². The molecule has 8 heteroatoms. The number of nitrogens with zero attached hydrogens (tertiary/aromatic N) is 2. The first-order valence-corrected chi connectivity index (χ1v) is 10.5. The Labute approximate surface area is 152 Å². The number of pyridine rings is 1. The molecule has 4 rings (SSSR count). The van der Waals surface area contributed by atoms with E-state index in [4.69, 9.17) is 0 Å². The number of carbonyl (C=O) groups excluding carboxylic acids is 1. The zero-order chi connectivity index (χ0) is 18.3. The van der Waals surface area contributed by atoms with Crippen molar-refractivity contribution in [3.8, 4) is 0 Å². The second-order valence-electron chi connectivity index (χ2n) is 6.90. The van der Waals surface area contributed by atoms with Crippen LogP contribution in [0.3, 0.4) is 0 Å². The Morgan fingerprint density at radius 1 is 1.42 bits per heavy atom. The molecule has 7 nitrogen and oxygen atoms in total. The van der Waals surface area contributed by atoms with E-state index in [1.54, 1.807) is 6.20 Å². The van der Waals surface area contributed by atoms with Gasteiger partial charge < -0.3 is 10.3 Å². The maximum atomic E-state index is 12.3. The second kappa shape index (κ2) is 6.51. The third kappa shape index (κ3) is 3.26. The Bertz CT molecular complexity index is 989. The molecular formula is C18H22N4O3S. The molecule has 1 aliphatic carbocycles. The summed E-state index contributed by atoms with van der Waals surface area (Å²) in [4.78, 5) is 19.6. The number of hydrogen-bond donors (Lipinski definition) is 2. The molecule has 0 spiro atoms. The summed E-state index contributed by atoms with van der Waals surface area (Å²) in [6.07, 6.45) is 6.21. The topological polar surface area (TPSA) is 95.2 Å². The molecule has 2 aromatic rings. The van der Waals surface area contributed by atoms with Gasteiger partial charge in [0, 0.05) is 30.6 Å². The third-order valence-electron chi connectivity index (χ3n) is 4.82. The highest BCUT2D eigenvalue weighted by Crippen LogP contribution is 2.33. The Kier molecular flexibility index (Phi) is 4.32. The summed E-state index contributed by atoms with van der Waals surface area (Å²) < 4.78 is 26.2. The van der Waals surface area contributed by atoms with E-state index in [0.717, 1.165) is 29.4 Å². The van der Waals surface area contributed by atoms with Crippen LogP contribution in [0.2, 0.25) is 0 Å². The summed E-state index contributed by atoms with van der Waals surface area (Å²) in [6, 6.07) is 3.77. The maximum absolute atomic E-state index is 12.3. The Balaban J connectivity index is 1.63. The highest BCUT2D eigenvalue weighted by molar-refractivity contribution is 7.89. The number of H-pyrrole nitrogens is 1. The van der Waals surface area contributed by atoms with Crippen molar-refractivity contribution in [1.29, 1.82) is 0 Å². The molecule has 1 amide bonds. The number of fused-ring (bicyclic) bond motifs is 1. The summed E-state index contributed by atoms with van der Waals surface area (Å²) >= 11 is 0. The van der Waals surface area contributed by atoms with Gasteiger partial charge in [-0.25, -0.2) is 13.4 Å². The van der Waals surface area contributed by atoms with Crippen molar-refractivity contribution in [1.82, 2.24) is 14.3 Å². The van der Waals surface area contributed by atoms with Crippen LogP contribution in [0.5, 0.6) is 0 Å². The minimum absolute atomic E-state index is 0.00177. The van der Waals surface area contributed by atoms with Gasteiger partial charge in [-0.05, 0) is 42.5 Å². The predicted octanol–water partition coefficient (Wildman–Crippen LogP) is 2.35. The Hall–Kier alpha value is -2.19. The standard InChI is InChI=1S/C18H22N4O3S/c1-2-9-26(24,25)22-8-6-13(11-22)15-10-16(21-18(23)12-3-4-12)20-17-14(15)5-7-19-17/h5-7,10,12H,2-4,8-9,11H2,1H3,(H2,19,20,21,23). The molecule has 0 saturated heterocycles. The van der Waals surface area contributed by atoms with Gasteiger partial charge in [-0.1, -0.05) is 13.0 Å². The van der Waals surface area contributed by atoms with Crippen molar-refractivity contribution in [2.24, 2.45) is 5.92 Å². The van der Waals surface area contributed by atoms with Crippen LogP contribution in [-0.2, 0) is 14.8 Å². The first-order chi connectivity index (χ1) is 12.5. The van der Waals surface area contributed by atoms with Crippen molar-refractivity contribution in [2.75, 3.05) is 24.2 Å². The quantitative estimate of drug-likeness (QED) is 0.811. The van der Waals surface area contributed by atoms with E-state index >= 15 is 0 Å². The largest absolute Gasteiger partial charge is 0.346 e. The summed E-state index contributed by atoms with van der Waals surface area (Å²) in [7, 11) is -3.23. The van der Waals surface area contributed by atoms with Crippen LogP contribution in [-0.4, -0.2) is 47.4 Å². The zero-order valence-corrected chi connectivity index (χ0v) is 15.5. The molecule has 3 heterocycles. The third-order valence-corrected chi connectivity index (χ3v) is 6.81. The van der Waals surface area contributed by atoms with Gasteiger partial charge in [0.05, 0.1) is 5.75 Å². The lowest BCUT2D eigenvalue weighted by Gasteiger charge is -2.16. The Morgan fingerprint density at radius 3 is 2.96 bits per heavy atom. The van der Waals surface area contributed by atoms with Crippen LogP contribution in [0.4, 0.5) is 5.82 Å². The first-order valence-electron chi connectivity index (χ1n) is 8.94. The molecule has 0 radical (unpaired) electrons. The molecule has 2 aliphatic rings. The lowest BCUT2D eigenvalue weighted by molar-refractivity contribution is -0.117. The highest BCUT2D eigenvalue weighted by atomic mass is 32.2. The number of amides is 1. The molecule has 2 N–H and O–H groups in total. The van der Waals surface area contributed by atoms with E-state index in [9.17, 15) is 13.2 Å². The van der Waals surface area contributed by atoms with Gasteiger partial charge in [-0.15, -0.1) is 0 Å². The number of anilines is 1. The Morgan fingerprint density at radius 2 is 2.23 bits per heavy atom. The predicted molar refractivity (Wildman–Crippen MR) is 101 cm³/mol. The van der Waals surface area contributed by atoms with Gasteiger partial charge in [-0.3, -0.25) is 4.79 Å². The van der Waals surface area contributed by atoms with E-state index in [1.807, 2.05) is 25.1 Å². The number of aromatic nitrogens is 2. The zero-order valence-electron chi connectivity index (χ0n) is 14.7. The SMILES string of the molecule is CCCS(=O)(=O)N1CC=C(c2cc(NC(=O)C3CC3)nc3[nH]ccc23)C1. The molecule has 1 saturated carbocycles. The van der Waals surface area contributed by atoms with Gasteiger partial charge in [-0.2, -0.15) is 4.31 Å². The summed E-state index contributed by atoms with van der Waals surface area (Å²) in [5.41, 5.74) is 2.54. The summed E-state index contributed by atoms with van der Waals surface area (Å²) in [5.74, 6) is 0.761. The monoisotopic (exact) mass is 374 g/mol. The van der Waals surface area contributed by atoms with Crippen molar-refractivity contribution in [3.63, 3.8) is 0 Å². The van der Waals surface area contributed by atoms with Gasteiger partial charge in [0.15, 0.2) is 0 Å². The van der Waals surface area contributed by atoms with E-state index in [2.05, 4.69) is 15.3 Å². The molecule has 138 valence electrons. The number of nitrogens with one attached hydrogen (secondary N) is 2. The highest BCUT2D eigenvalue weighted by Gasteiger charge is 2.30. The minimum atomic E-state index is -3.23. The van der Waals surface area contributed by atoms with Crippen LogP contribution < -0.4 is 5.32 Å². The average Bonchev–Trinajstić information content (AvgIpc) is 3.14. The molecular weight excluding hydrogens is 352 g/mol.